The Hall–Kier alpha value is -0.340. The molecule has 1 heterocycles. The Morgan fingerprint density at radius 3 is 2.11 bits per heavy atom. The number of hydrogen-bond donors (Lipinski definition) is 1. The van der Waals surface area contributed by atoms with Gasteiger partial charge in [0.25, 0.3) is 0 Å². The number of rotatable bonds is 8. The van der Waals surface area contributed by atoms with Crippen molar-refractivity contribution in [2.45, 2.75) is 66.0 Å². The Morgan fingerprint density at radius 1 is 1.11 bits per heavy atom. The van der Waals surface area contributed by atoms with Gasteiger partial charge in [-0.3, -0.25) is 0 Å². The SMILES string of the molecule is CCC(NC(CC(C)C)CC(C)C)c1cccs1. The number of hydrogen-bond acceptors (Lipinski definition) is 2. The van der Waals surface area contributed by atoms with Gasteiger partial charge in [0, 0.05) is 17.0 Å². The van der Waals surface area contributed by atoms with E-state index >= 15 is 0 Å². The van der Waals surface area contributed by atoms with Crippen LogP contribution in [-0.2, 0) is 0 Å². The van der Waals surface area contributed by atoms with E-state index < -0.39 is 0 Å². The van der Waals surface area contributed by atoms with Crippen LogP contribution in [0.2, 0.25) is 0 Å². The van der Waals surface area contributed by atoms with Crippen molar-refractivity contribution in [1.29, 1.82) is 0 Å². The molecule has 1 aromatic rings. The van der Waals surface area contributed by atoms with Gasteiger partial charge in [-0.15, -0.1) is 11.3 Å². The first kappa shape index (κ1) is 15.7. The molecular formula is C16H29NS. The molecule has 1 N–H and O–H groups in total. The number of thiophene rings is 1. The highest BCUT2D eigenvalue weighted by Crippen LogP contribution is 2.24. The first-order chi connectivity index (χ1) is 8.52. The fourth-order valence-corrected chi connectivity index (χ4v) is 3.42. The third-order valence-corrected chi connectivity index (χ3v) is 4.23. The van der Waals surface area contributed by atoms with Crippen molar-refractivity contribution in [2.24, 2.45) is 11.8 Å². The summed E-state index contributed by atoms with van der Waals surface area (Å²) >= 11 is 1.87. The summed E-state index contributed by atoms with van der Waals surface area (Å²) in [6.45, 7) is 11.6. The van der Waals surface area contributed by atoms with Crippen molar-refractivity contribution in [3.05, 3.63) is 22.4 Å². The summed E-state index contributed by atoms with van der Waals surface area (Å²) in [5, 5.41) is 6.06. The molecule has 104 valence electrons. The average molecular weight is 267 g/mol. The summed E-state index contributed by atoms with van der Waals surface area (Å²) in [5.74, 6) is 1.53. The standard InChI is InChI=1S/C16H29NS/c1-6-15(16-8-7-9-18-16)17-14(10-12(2)3)11-13(4)5/h7-9,12-15,17H,6,10-11H2,1-5H3. The topological polar surface area (TPSA) is 12.0 Å². The molecular weight excluding hydrogens is 238 g/mol. The molecule has 0 amide bonds. The zero-order chi connectivity index (χ0) is 13.5. The van der Waals surface area contributed by atoms with Crippen LogP contribution >= 0.6 is 11.3 Å². The van der Waals surface area contributed by atoms with Crippen LogP contribution in [0, 0.1) is 11.8 Å². The molecule has 1 nitrogen and oxygen atoms in total. The molecule has 0 saturated heterocycles. The minimum absolute atomic E-state index is 0.535. The monoisotopic (exact) mass is 267 g/mol. The maximum atomic E-state index is 3.88. The van der Waals surface area contributed by atoms with E-state index in [0.29, 0.717) is 12.1 Å². The van der Waals surface area contributed by atoms with Crippen molar-refractivity contribution in [3.8, 4) is 0 Å². The van der Waals surface area contributed by atoms with Crippen molar-refractivity contribution in [3.63, 3.8) is 0 Å². The summed E-state index contributed by atoms with van der Waals surface area (Å²) in [6, 6.07) is 5.60. The zero-order valence-corrected chi connectivity index (χ0v) is 13.4. The second-order valence-electron chi connectivity index (χ2n) is 6.10. The molecule has 0 aromatic carbocycles. The van der Waals surface area contributed by atoms with E-state index in [1.54, 1.807) is 0 Å². The molecule has 0 aliphatic carbocycles. The van der Waals surface area contributed by atoms with Gasteiger partial charge in [0.2, 0.25) is 0 Å². The minimum atomic E-state index is 0.535. The largest absolute Gasteiger partial charge is 0.306 e. The lowest BCUT2D eigenvalue weighted by Gasteiger charge is -2.27. The van der Waals surface area contributed by atoms with Crippen LogP contribution in [0.25, 0.3) is 0 Å². The Labute approximate surface area is 117 Å². The van der Waals surface area contributed by atoms with Crippen LogP contribution in [0.1, 0.15) is 64.8 Å². The second kappa shape index (κ2) is 7.96. The summed E-state index contributed by atoms with van der Waals surface area (Å²) in [6.07, 6.45) is 3.73. The summed E-state index contributed by atoms with van der Waals surface area (Å²) in [5.41, 5.74) is 0. The van der Waals surface area contributed by atoms with Crippen LogP contribution in [0.4, 0.5) is 0 Å². The van der Waals surface area contributed by atoms with Gasteiger partial charge in [-0.1, -0.05) is 40.7 Å². The predicted octanol–water partition coefficient (Wildman–Crippen LogP) is 5.25. The Kier molecular flexibility index (Phi) is 6.95. The maximum Gasteiger partial charge on any atom is 0.0414 e. The second-order valence-corrected chi connectivity index (χ2v) is 7.08. The van der Waals surface area contributed by atoms with Crippen LogP contribution in [0.5, 0.6) is 0 Å². The molecule has 0 saturated carbocycles. The zero-order valence-electron chi connectivity index (χ0n) is 12.6. The van der Waals surface area contributed by atoms with E-state index in [0.717, 1.165) is 11.8 Å². The Bertz CT molecular complexity index is 293. The highest BCUT2D eigenvalue weighted by molar-refractivity contribution is 7.10. The Morgan fingerprint density at radius 2 is 1.72 bits per heavy atom. The molecule has 0 spiro atoms. The van der Waals surface area contributed by atoms with Gasteiger partial charge in [0.15, 0.2) is 0 Å². The molecule has 1 aromatic heterocycles. The van der Waals surface area contributed by atoms with Crippen molar-refractivity contribution < 1.29 is 0 Å². The quantitative estimate of drug-likeness (QED) is 0.678. The van der Waals surface area contributed by atoms with Crippen LogP contribution in [-0.4, -0.2) is 6.04 Å². The summed E-state index contributed by atoms with van der Waals surface area (Å²) < 4.78 is 0. The van der Waals surface area contributed by atoms with Gasteiger partial charge in [0.05, 0.1) is 0 Å². The first-order valence-corrected chi connectivity index (χ1v) is 8.20. The van der Waals surface area contributed by atoms with E-state index in [1.807, 2.05) is 11.3 Å². The lowest BCUT2D eigenvalue weighted by atomic mass is 9.94. The maximum absolute atomic E-state index is 3.88. The molecule has 0 fully saturated rings. The van der Waals surface area contributed by atoms with E-state index in [1.165, 1.54) is 24.1 Å². The van der Waals surface area contributed by atoms with E-state index in [9.17, 15) is 0 Å². The van der Waals surface area contributed by atoms with Crippen molar-refractivity contribution >= 4 is 11.3 Å². The molecule has 2 heteroatoms. The molecule has 0 aliphatic rings. The molecule has 1 rings (SSSR count). The van der Waals surface area contributed by atoms with E-state index in [-0.39, 0.29) is 0 Å². The van der Waals surface area contributed by atoms with Crippen LogP contribution in [0.3, 0.4) is 0 Å². The van der Waals surface area contributed by atoms with Gasteiger partial charge in [-0.05, 0) is 42.5 Å². The average Bonchev–Trinajstić information content (AvgIpc) is 2.77. The third-order valence-electron chi connectivity index (χ3n) is 3.24. The fourth-order valence-electron chi connectivity index (χ4n) is 2.55. The predicted molar refractivity (Wildman–Crippen MR) is 83.2 cm³/mol. The van der Waals surface area contributed by atoms with Gasteiger partial charge < -0.3 is 5.32 Å². The number of nitrogens with one attached hydrogen (secondary N) is 1. The van der Waals surface area contributed by atoms with Gasteiger partial charge in [-0.25, -0.2) is 0 Å². The van der Waals surface area contributed by atoms with Gasteiger partial charge >= 0.3 is 0 Å². The van der Waals surface area contributed by atoms with Gasteiger partial charge in [0.1, 0.15) is 0 Å². The summed E-state index contributed by atoms with van der Waals surface area (Å²) in [7, 11) is 0. The molecule has 1 atom stereocenters. The first-order valence-electron chi connectivity index (χ1n) is 7.32. The Balaban J connectivity index is 2.62. The van der Waals surface area contributed by atoms with Crippen LogP contribution in [0.15, 0.2) is 17.5 Å². The lowest BCUT2D eigenvalue weighted by Crippen LogP contribution is -2.34. The van der Waals surface area contributed by atoms with E-state index in [2.05, 4.69) is 57.4 Å². The smallest absolute Gasteiger partial charge is 0.0414 e. The fraction of sp³-hybridized carbons (Fsp3) is 0.750. The molecule has 18 heavy (non-hydrogen) atoms. The summed E-state index contributed by atoms with van der Waals surface area (Å²) in [4.78, 5) is 1.48. The highest BCUT2D eigenvalue weighted by atomic mass is 32.1. The normalized spacial score (nSPS) is 13.8. The molecule has 0 aliphatic heterocycles. The van der Waals surface area contributed by atoms with Gasteiger partial charge in [-0.2, -0.15) is 0 Å². The highest BCUT2D eigenvalue weighted by Gasteiger charge is 2.18. The van der Waals surface area contributed by atoms with Crippen molar-refractivity contribution in [1.82, 2.24) is 5.32 Å². The molecule has 1 unspecified atom stereocenters. The third kappa shape index (κ3) is 5.53. The van der Waals surface area contributed by atoms with E-state index in [4.69, 9.17) is 0 Å². The minimum Gasteiger partial charge on any atom is -0.306 e. The molecule has 0 bridgehead atoms. The molecule has 0 radical (unpaired) electrons. The van der Waals surface area contributed by atoms with Crippen LogP contribution < -0.4 is 5.32 Å². The van der Waals surface area contributed by atoms with Crippen molar-refractivity contribution in [2.75, 3.05) is 0 Å². The lowest BCUT2D eigenvalue weighted by molar-refractivity contribution is 0.325.